The van der Waals surface area contributed by atoms with Crippen molar-refractivity contribution in [3.63, 3.8) is 0 Å². The van der Waals surface area contributed by atoms with E-state index in [1.165, 1.54) is 30.2 Å². The van der Waals surface area contributed by atoms with Gasteiger partial charge in [-0.1, -0.05) is 13.8 Å². The zero-order valence-electron chi connectivity index (χ0n) is 22.6. The number of benzene rings is 1. The molecule has 2 N–H and O–H groups in total. The fourth-order valence-corrected chi connectivity index (χ4v) is 6.06. The summed E-state index contributed by atoms with van der Waals surface area (Å²) in [6, 6.07) is 5.80. The van der Waals surface area contributed by atoms with Crippen molar-refractivity contribution >= 4 is 34.3 Å². The first kappa shape index (κ1) is 27.9. The number of aryl methyl sites for hydroxylation is 1. The fraction of sp³-hybridized carbons (Fsp3) is 0.586. The van der Waals surface area contributed by atoms with Crippen LogP contribution in [0.5, 0.6) is 0 Å². The second-order valence-corrected chi connectivity index (χ2v) is 11.0. The van der Waals surface area contributed by atoms with E-state index in [1.54, 1.807) is 17.8 Å². The highest BCUT2D eigenvalue weighted by atomic mass is 32.2. The van der Waals surface area contributed by atoms with Gasteiger partial charge in [-0.25, -0.2) is 14.4 Å². The molecule has 6 nitrogen and oxygen atoms in total. The summed E-state index contributed by atoms with van der Waals surface area (Å²) in [6.07, 6.45) is 8.23. The number of thioether (sulfide) groups is 1. The third-order valence-electron chi connectivity index (χ3n) is 7.36. The van der Waals surface area contributed by atoms with Crippen molar-refractivity contribution in [2.24, 2.45) is 9.98 Å². The highest BCUT2D eigenvalue weighted by Crippen LogP contribution is 2.36. The van der Waals surface area contributed by atoms with Crippen LogP contribution in [0.15, 0.2) is 39.8 Å². The van der Waals surface area contributed by atoms with Crippen molar-refractivity contribution in [3.05, 3.63) is 46.9 Å². The van der Waals surface area contributed by atoms with Crippen LogP contribution in [0.3, 0.4) is 0 Å². The number of hydrogen-bond donors (Lipinski definition) is 2. The number of guanidine groups is 1. The molecular formula is C29H42FN5OS. The number of fused-ring (bicyclic) bond motifs is 1. The largest absolute Gasteiger partial charge is 0.381 e. The molecule has 2 fully saturated rings. The highest BCUT2D eigenvalue weighted by molar-refractivity contribution is 8.02. The molecule has 202 valence electrons. The number of nitrogens with one attached hydrogen (secondary N) is 2. The lowest BCUT2D eigenvalue weighted by Gasteiger charge is -2.33. The van der Waals surface area contributed by atoms with Gasteiger partial charge in [-0.2, -0.15) is 0 Å². The molecule has 8 heteroatoms. The number of rotatable bonds is 4. The van der Waals surface area contributed by atoms with E-state index in [1.807, 2.05) is 12.3 Å². The number of nitrogens with zero attached hydrogens (tertiary/aromatic N) is 3. The quantitative estimate of drug-likeness (QED) is 0.493. The summed E-state index contributed by atoms with van der Waals surface area (Å²) in [5.74, 6) is 2.15. The molecular weight excluding hydrogens is 485 g/mol. The van der Waals surface area contributed by atoms with Crippen LogP contribution >= 0.6 is 11.8 Å². The first-order valence-electron chi connectivity index (χ1n) is 13.8. The predicted molar refractivity (Wildman–Crippen MR) is 155 cm³/mol. The number of likely N-dealkylation sites (tertiary alicyclic amines) is 1. The lowest BCUT2D eigenvalue weighted by atomic mass is 9.87. The van der Waals surface area contributed by atoms with E-state index < -0.39 is 0 Å². The second-order valence-electron chi connectivity index (χ2n) is 9.95. The summed E-state index contributed by atoms with van der Waals surface area (Å²) < 4.78 is 19.1. The summed E-state index contributed by atoms with van der Waals surface area (Å²) in [5.41, 5.74) is 4.73. The molecule has 0 atom stereocenters. The van der Waals surface area contributed by atoms with Gasteiger partial charge in [0.1, 0.15) is 5.82 Å². The topological polar surface area (TPSA) is 65.0 Å². The number of aliphatic imine (C=N–C) groups is 2. The Morgan fingerprint density at radius 3 is 2.68 bits per heavy atom. The third-order valence-corrected chi connectivity index (χ3v) is 8.11. The molecule has 3 aliphatic heterocycles. The minimum atomic E-state index is -0.165. The Hall–Kier alpha value is -2.16. The Morgan fingerprint density at radius 2 is 1.95 bits per heavy atom. The number of piperidine rings is 1. The molecule has 0 unspecified atom stereocenters. The van der Waals surface area contributed by atoms with Gasteiger partial charge in [0, 0.05) is 66.6 Å². The van der Waals surface area contributed by atoms with Crippen LogP contribution in [0.2, 0.25) is 0 Å². The van der Waals surface area contributed by atoms with Gasteiger partial charge in [0.25, 0.3) is 0 Å². The van der Waals surface area contributed by atoms with Crippen molar-refractivity contribution in [1.29, 1.82) is 0 Å². The van der Waals surface area contributed by atoms with Gasteiger partial charge in [0.15, 0.2) is 0 Å². The van der Waals surface area contributed by atoms with Crippen LogP contribution in [0.4, 0.5) is 4.39 Å². The Morgan fingerprint density at radius 1 is 1.16 bits per heavy atom. The van der Waals surface area contributed by atoms with Crippen molar-refractivity contribution in [1.82, 2.24) is 15.2 Å². The van der Waals surface area contributed by atoms with E-state index in [-0.39, 0.29) is 5.82 Å². The smallest absolute Gasteiger partial charge is 0.225 e. The molecule has 0 amide bonds. The lowest BCUT2D eigenvalue weighted by molar-refractivity contribution is 0.0785. The van der Waals surface area contributed by atoms with Gasteiger partial charge in [0.2, 0.25) is 5.96 Å². The first-order chi connectivity index (χ1) is 18.1. The van der Waals surface area contributed by atoms with Crippen LogP contribution in [0.25, 0.3) is 10.9 Å². The summed E-state index contributed by atoms with van der Waals surface area (Å²) >= 11 is 1.78. The molecule has 0 radical (unpaired) electrons. The van der Waals surface area contributed by atoms with E-state index in [0.717, 1.165) is 92.9 Å². The molecule has 0 saturated carbocycles. The maximum Gasteiger partial charge on any atom is 0.225 e. The van der Waals surface area contributed by atoms with Crippen molar-refractivity contribution < 1.29 is 9.13 Å². The number of hydrogen-bond acceptors (Lipinski definition) is 6. The minimum absolute atomic E-state index is 0.165. The molecule has 2 aromatic rings. The lowest BCUT2D eigenvalue weighted by Crippen LogP contribution is -2.37. The van der Waals surface area contributed by atoms with Crippen molar-refractivity contribution in [3.8, 4) is 0 Å². The van der Waals surface area contributed by atoms with Crippen LogP contribution in [-0.4, -0.2) is 66.2 Å². The molecule has 2 saturated heterocycles. The normalized spacial score (nSPS) is 23.6. The zero-order chi connectivity index (χ0) is 26.0. The van der Waals surface area contributed by atoms with Crippen molar-refractivity contribution in [2.75, 3.05) is 38.6 Å². The molecule has 5 rings (SSSR count). The minimum Gasteiger partial charge on any atom is -0.381 e. The summed E-state index contributed by atoms with van der Waals surface area (Å²) in [5, 5.41) is 6.50. The standard InChI is InChI=1S/C22H27FN4S.C7H15NO/c1-3-19-21(18-14-17(23)4-5-20(18)26-19)16-6-10-27(11-7-16)22-24-9-13-28-12-8-15(2)25-22;1-2-8-7-3-5-9-6-4-7/h4-5,9,13-14,16,26H,3,6-8,10-12H2,1-2H3;7-8H,2-6H2,1H3/b13-9+,24-22-,25-15+;. The highest BCUT2D eigenvalue weighted by Gasteiger charge is 2.27. The van der Waals surface area contributed by atoms with Gasteiger partial charge < -0.3 is 19.9 Å². The van der Waals surface area contributed by atoms with Gasteiger partial charge in [-0.3, -0.25) is 0 Å². The molecule has 0 spiro atoms. The molecule has 0 bridgehead atoms. The maximum absolute atomic E-state index is 13.9. The molecule has 4 heterocycles. The zero-order valence-corrected chi connectivity index (χ0v) is 23.4. The SMILES string of the molecule is CCNC1CCOCC1.CCc1[nH]c2ccc(F)cc2c1C1CCN(C2=N\C=C\SCC\C(C)=N\2)CC1. The van der Waals surface area contributed by atoms with E-state index in [9.17, 15) is 4.39 Å². The van der Waals surface area contributed by atoms with Crippen molar-refractivity contribution in [2.45, 2.75) is 71.3 Å². The molecule has 0 aliphatic carbocycles. The average molecular weight is 528 g/mol. The monoisotopic (exact) mass is 527 g/mol. The second kappa shape index (κ2) is 14.1. The molecule has 1 aromatic heterocycles. The fourth-order valence-electron chi connectivity index (χ4n) is 5.37. The van der Waals surface area contributed by atoms with Gasteiger partial charge >= 0.3 is 0 Å². The molecule has 3 aliphatic rings. The van der Waals surface area contributed by atoms with E-state index >= 15 is 0 Å². The number of H-pyrrole nitrogens is 1. The average Bonchev–Trinajstić information content (AvgIpc) is 3.33. The van der Waals surface area contributed by atoms with Gasteiger partial charge in [-0.15, -0.1) is 11.8 Å². The molecule has 37 heavy (non-hydrogen) atoms. The van der Waals surface area contributed by atoms with E-state index in [4.69, 9.17) is 9.73 Å². The Kier molecular flexibility index (Phi) is 10.6. The van der Waals surface area contributed by atoms with Crippen LogP contribution in [0, 0.1) is 5.82 Å². The number of aromatic amines is 1. The first-order valence-corrected chi connectivity index (χ1v) is 14.9. The van der Waals surface area contributed by atoms with E-state index in [2.05, 4.69) is 46.4 Å². The number of halogens is 1. The van der Waals surface area contributed by atoms with Crippen LogP contribution in [0.1, 0.15) is 70.1 Å². The summed E-state index contributed by atoms with van der Waals surface area (Å²) in [6.45, 7) is 11.2. The number of ether oxygens (including phenoxy) is 1. The predicted octanol–water partition coefficient (Wildman–Crippen LogP) is 6.25. The van der Waals surface area contributed by atoms with Crippen LogP contribution in [-0.2, 0) is 11.2 Å². The maximum atomic E-state index is 13.9. The van der Waals surface area contributed by atoms with Gasteiger partial charge in [-0.05, 0) is 87.1 Å². The third kappa shape index (κ3) is 7.68. The Balaban J connectivity index is 0.000000301. The van der Waals surface area contributed by atoms with E-state index in [0.29, 0.717) is 5.92 Å². The number of aromatic nitrogens is 1. The Bertz CT molecular complexity index is 1090. The van der Waals surface area contributed by atoms with Gasteiger partial charge in [0.05, 0.1) is 0 Å². The van der Waals surface area contributed by atoms with Crippen LogP contribution < -0.4 is 5.32 Å². The Labute approximate surface area is 225 Å². The molecule has 1 aromatic carbocycles. The summed E-state index contributed by atoms with van der Waals surface area (Å²) in [4.78, 5) is 15.2. The summed E-state index contributed by atoms with van der Waals surface area (Å²) in [7, 11) is 0.